The van der Waals surface area contributed by atoms with Crippen LogP contribution in [0.4, 0.5) is 0 Å². The first-order valence-electron chi connectivity index (χ1n) is 11.9. The van der Waals surface area contributed by atoms with Crippen molar-refractivity contribution in [1.29, 1.82) is 0 Å². The van der Waals surface area contributed by atoms with Crippen LogP contribution in [0.15, 0.2) is 44.9 Å². The molecule has 1 saturated heterocycles. The van der Waals surface area contributed by atoms with Gasteiger partial charge in [0.05, 0.1) is 5.75 Å². The van der Waals surface area contributed by atoms with Crippen LogP contribution in [0.25, 0.3) is 11.0 Å². The Hall–Kier alpha value is -2.98. The Morgan fingerprint density at radius 3 is 2.40 bits per heavy atom. The van der Waals surface area contributed by atoms with E-state index >= 15 is 0 Å². The average Bonchev–Trinajstić information content (AvgIpc) is 2.84. The van der Waals surface area contributed by atoms with E-state index in [2.05, 4.69) is 27.0 Å². The molecule has 0 N–H and O–H groups in total. The fourth-order valence-electron chi connectivity index (χ4n) is 4.29. The first-order chi connectivity index (χ1) is 16.7. The number of hydrogen-bond acceptors (Lipinski definition) is 7. The van der Waals surface area contributed by atoms with Crippen molar-refractivity contribution in [2.45, 2.75) is 38.9 Å². The molecule has 3 heterocycles. The number of carbonyl (C=O) groups is 1. The second-order valence-electron chi connectivity index (χ2n) is 9.36. The normalized spacial score (nSPS) is 14.7. The minimum atomic E-state index is -0.436. The second kappa shape index (κ2) is 10.7. The number of hydrogen-bond donors (Lipinski definition) is 0. The molecule has 1 amide bonds. The number of thioether (sulfide) groups is 1. The van der Waals surface area contributed by atoms with Gasteiger partial charge < -0.3 is 4.90 Å². The first kappa shape index (κ1) is 25.1. The third-order valence-corrected chi connectivity index (χ3v) is 7.07. The van der Waals surface area contributed by atoms with E-state index in [1.54, 1.807) is 6.92 Å². The molecule has 186 valence electrons. The van der Waals surface area contributed by atoms with Crippen LogP contribution in [0.3, 0.4) is 0 Å². The van der Waals surface area contributed by atoms with Crippen LogP contribution >= 0.6 is 11.8 Å². The van der Waals surface area contributed by atoms with Crippen LogP contribution in [0.5, 0.6) is 0 Å². The summed E-state index contributed by atoms with van der Waals surface area (Å²) in [4.78, 5) is 51.9. The van der Waals surface area contributed by atoms with Gasteiger partial charge in [-0.2, -0.15) is 0 Å². The summed E-state index contributed by atoms with van der Waals surface area (Å²) < 4.78 is 2.63. The number of aryl methyl sites for hydroxylation is 1. The van der Waals surface area contributed by atoms with Crippen LogP contribution in [0.1, 0.15) is 25.2 Å². The number of rotatable bonds is 7. The zero-order valence-corrected chi connectivity index (χ0v) is 21.5. The van der Waals surface area contributed by atoms with Gasteiger partial charge in [0, 0.05) is 46.3 Å². The molecule has 0 unspecified atom stereocenters. The number of nitrogens with zero attached hydrogens (tertiary/aromatic N) is 6. The van der Waals surface area contributed by atoms with Crippen molar-refractivity contribution in [2.24, 2.45) is 13.0 Å². The van der Waals surface area contributed by atoms with E-state index in [1.807, 2.05) is 36.9 Å². The molecule has 0 radical (unpaired) electrons. The van der Waals surface area contributed by atoms with Crippen LogP contribution in [-0.2, 0) is 24.9 Å². The average molecular weight is 497 g/mol. The molecule has 0 aliphatic carbocycles. The smallest absolute Gasteiger partial charge is 0.332 e. The van der Waals surface area contributed by atoms with Crippen LogP contribution in [-0.4, -0.2) is 66.7 Å². The van der Waals surface area contributed by atoms with Crippen LogP contribution in [0, 0.1) is 12.8 Å². The largest absolute Gasteiger partial charge is 0.339 e. The summed E-state index contributed by atoms with van der Waals surface area (Å²) in [5, 5.41) is 0.741. The molecule has 1 aliphatic heterocycles. The Kier molecular flexibility index (Phi) is 7.71. The standard InChI is InChI=1S/C25H32N6O3S/c1-17(2)14-31-22-21(24(33)28(4)25(31)34)23(27-18(3)26-22)35-16-20(32)30-12-10-29(11-13-30)15-19-8-6-5-7-9-19/h5-9,17H,10-16H2,1-4H3. The highest BCUT2D eigenvalue weighted by Crippen LogP contribution is 2.23. The monoisotopic (exact) mass is 496 g/mol. The summed E-state index contributed by atoms with van der Waals surface area (Å²) in [5.74, 6) is 0.858. The van der Waals surface area contributed by atoms with E-state index in [9.17, 15) is 14.4 Å². The zero-order chi connectivity index (χ0) is 25.1. The van der Waals surface area contributed by atoms with Gasteiger partial charge in [0.2, 0.25) is 5.91 Å². The Morgan fingerprint density at radius 2 is 1.74 bits per heavy atom. The van der Waals surface area contributed by atoms with Crippen molar-refractivity contribution in [1.82, 2.24) is 28.9 Å². The quantitative estimate of drug-likeness (QED) is 0.364. The molecule has 1 aromatic carbocycles. The molecule has 1 fully saturated rings. The van der Waals surface area contributed by atoms with Gasteiger partial charge in [0.15, 0.2) is 5.65 Å². The molecular formula is C25H32N6O3S. The van der Waals surface area contributed by atoms with Gasteiger partial charge in [-0.3, -0.25) is 23.6 Å². The first-order valence-corrected chi connectivity index (χ1v) is 12.9. The lowest BCUT2D eigenvalue weighted by atomic mass is 10.2. The number of benzene rings is 1. The van der Waals surface area contributed by atoms with Gasteiger partial charge in [-0.25, -0.2) is 14.8 Å². The maximum atomic E-state index is 13.0. The molecule has 10 heteroatoms. The lowest BCUT2D eigenvalue weighted by Gasteiger charge is -2.34. The SMILES string of the molecule is Cc1nc(SCC(=O)N2CCN(Cc3ccccc3)CC2)c2c(=O)n(C)c(=O)n(CC(C)C)c2n1. The Morgan fingerprint density at radius 1 is 1.06 bits per heavy atom. The van der Waals surface area contributed by atoms with Crippen LogP contribution in [0.2, 0.25) is 0 Å². The third-order valence-electron chi connectivity index (χ3n) is 6.11. The second-order valence-corrected chi connectivity index (χ2v) is 10.3. The Labute approximate surface area is 208 Å². The molecule has 35 heavy (non-hydrogen) atoms. The molecule has 2 aromatic heterocycles. The van der Waals surface area contributed by atoms with Crippen molar-refractivity contribution in [3.8, 4) is 0 Å². The number of carbonyl (C=O) groups excluding carboxylic acids is 1. The van der Waals surface area contributed by atoms with Gasteiger partial charge in [-0.15, -0.1) is 0 Å². The summed E-state index contributed by atoms with van der Waals surface area (Å²) in [7, 11) is 1.47. The van der Waals surface area contributed by atoms with E-state index in [0.29, 0.717) is 41.5 Å². The predicted molar refractivity (Wildman–Crippen MR) is 138 cm³/mol. The highest BCUT2D eigenvalue weighted by molar-refractivity contribution is 8.00. The summed E-state index contributed by atoms with van der Waals surface area (Å²) in [6, 6.07) is 10.3. The summed E-state index contributed by atoms with van der Waals surface area (Å²) >= 11 is 1.24. The number of fused-ring (bicyclic) bond motifs is 1. The zero-order valence-electron chi connectivity index (χ0n) is 20.7. The summed E-state index contributed by atoms with van der Waals surface area (Å²) in [6.45, 7) is 10.1. The molecule has 9 nitrogen and oxygen atoms in total. The Balaban J connectivity index is 1.48. The van der Waals surface area contributed by atoms with Crippen molar-refractivity contribution in [2.75, 3.05) is 31.9 Å². The van der Waals surface area contributed by atoms with Gasteiger partial charge in [-0.05, 0) is 18.4 Å². The van der Waals surface area contributed by atoms with E-state index in [-0.39, 0.29) is 17.6 Å². The van der Waals surface area contributed by atoms with Crippen molar-refractivity contribution in [3.63, 3.8) is 0 Å². The summed E-state index contributed by atoms with van der Waals surface area (Å²) in [5.41, 5.74) is 0.777. The van der Waals surface area contributed by atoms with Crippen molar-refractivity contribution in [3.05, 3.63) is 62.6 Å². The molecular weight excluding hydrogens is 464 g/mol. The van der Waals surface area contributed by atoms with Gasteiger partial charge in [-0.1, -0.05) is 55.9 Å². The van der Waals surface area contributed by atoms with Crippen molar-refractivity contribution < 1.29 is 4.79 Å². The number of amides is 1. The fourth-order valence-corrected chi connectivity index (χ4v) is 5.26. The number of aromatic nitrogens is 4. The third kappa shape index (κ3) is 5.65. The highest BCUT2D eigenvalue weighted by Gasteiger charge is 2.23. The maximum Gasteiger partial charge on any atom is 0.332 e. The molecule has 0 spiro atoms. The van der Waals surface area contributed by atoms with E-state index in [1.165, 1.54) is 28.9 Å². The van der Waals surface area contributed by atoms with Crippen molar-refractivity contribution >= 4 is 28.7 Å². The summed E-state index contributed by atoms with van der Waals surface area (Å²) in [6.07, 6.45) is 0. The topological polar surface area (TPSA) is 93.3 Å². The van der Waals surface area contributed by atoms with Gasteiger partial charge in [0.25, 0.3) is 5.56 Å². The fraction of sp³-hybridized carbons (Fsp3) is 0.480. The van der Waals surface area contributed by atoms with Gasteiger partial charge in [0.1, 0.15) is 16.2 Å². The Bertz CT molecular complexity index is 1330. The number of piperazine rings is 1. The lowest BCUT2D eigenvalue weighted by molar-refractivity contribution is -0.130. The maximum absolute atomic E-state index is 13.0. The molecule has 4 rings (SSSR count). The van der Waals surface area contributed by atoms with E-state index in [4.69, 9.17) is 0 Å². The molecule has 0 saturated carbocycles. The molecule has 1 aliphatic rings. The van der Waals surface area contributed by atoms with Gasteiger partial charge >= 0.3 is 5.69 Å². The van der Waals surface area contributed by atoms with Crippen LogP contribution < -0.4 is 11.2 Å². The minimum Gasteiger partial charge on any atom is -0.339 e. The van der Waals surface area contributed by atoms with E-state index < -0.39 is 11.2 Å². The molecule has 0 bridgehead atoms. The highest BCUT2D eigenvalue weighted by atomic mass is 32.2. The minimum absolute atomic E-state index is 0.0195. The predicted octanol–water partition coefficient (Wildman–Crippen LogP) is 1.89. The van der Waals surface area contributed by atoms with E-state index in [0.717, 1.165) is 24.2 Å². The lowest BCUT2D eigenvalue weighted by Crippen LogP contribution is -2.48. The molecule has 3 aromatic rings. The molecule has 0 atom stereocenters.